The number of rotatable bonds is 3. The van der Waals surface area contributed by atoms with Gasteiger partial charge in [-0.3, -0.25) is 4.79 Å². The van der Waals surface area contributed by atoms with Gasteiger partial charge in [-0.05, 0) is 43.5 Å². The Balaban J connectivity index is 1.68. The number of nitrogens with one attached hydrogen (secondary N) is 1. The van der Waals surface area contributed by atoms with Gasteiger partial charge in [0.15, 0.2) is 5.69 Å². The van der Waals surface area contributed by atoms with Crippen LogP contribution < -0.4 is 5.32 Å². The second-order valence-electron chi connectivity index (χ2n) is 6.35. The summed E-state index contributed by atoms with van der Waals surface area (Å²) in [5.41, 5.74) is 0.583. The first-order valence-electron chi connectivity index (χ1n) is 8.56. The molecule has 1 aliphatic rings. The third-order valence-electron chi connectivity index (χ3n) is 4.51. The highest BCUT2D eigenvalue weighted by atomic mass is 19.4. The van der Waals surface area contributed by atoms with Crippen molar-refractivity contribution < 1.29 is 22.4 Å². The number of alkyl halides is 3. The van der Waals surface area contributed by atoms with Gasteiger partial charge >= 0.3 is 6.18 Å². The fourth-order valence-corrected chi connectivity index (χ4v) is 3.28. The molecule has 0 spiro atoms. The van der Waals surface area contributed by atoms with Gasteiger partial charge < -0.3 is 5.32 Å². The second kappa shape index (κ2) is 6.74. The first-order valence-corrected chi connectivity index (χ1v) is 8.56. The monoisotopic (exact) mass is 390 g/mol. The van der Waals surface area contributed by atoms with E-state index in [1.807, 2.05) is 0 Å². The topological polar surface area (TPSA) is 59.8 Å². The van der Waals surface area contributed by atoms with Gasteiger partial charge in [-0.25, -0.2) is 14.1 Å². The molecule has 1 N–H and O–H groups in total. The Labute approximate surface area is 157 Å². The number of nitrogens with zero attached hydrogens (tertiary/aromatic N) is 3. The van der Waals surface area contributed by atoms with Gasteiger partial charge in [0.1, 0.15) is 23.0 Å². The van der Waals surface area contributed by atoms with E-state index in [4.69, 9.17) is 0 Å². The molecule has 0 fully saturated rings. The minimum Gasteiger partial charge on any atom is -0.305 e. The number of hydrogen-bond acceptors (Lipinski definition) is 3. The number of halogens is 4. The fraction of sp³-hybridized carbons (Fsp3) is 0.211. The van der Waals surface area contributed by atoms with E-state index in [0.717, 1.165) is 24.2 Å². The fourth-order valence-electron chi connectivity index (χ4n) is 3.28. The van der Waals surface area contributed by atoms with E-state index in [1.54, 1.807) is 18.2 Å². The predicted octanol–water partition coefficient (Wildman–Crippen LogP) is 4.17. The highest BCUT2D eigenvalue weighted by Gasteiger charge is 2.33. The van der Waals surface area contributed by atoms with Crippen molar-refractivity contribution in [1.29, 1.82) is 0 Å². The Bertz CT molecular complexity index is 1060. The molecule has 0 saturated heterocycles. The molecule has 1 amide bonds. The second-order valence-corrected chi connectivity index (χ2v) is 6.35. The molecule has 0 bridgehead atoms. The van der Waals surface area contributed by atoms with Crippen molar-refractivity contribution in [2.75, 3.05) is 5.32 Å². The molecule has 0 radical (unpaired) electrons. The Kier molecular flexibility index (Phi) is 4.37. The number of pyridine rings is 1. The summed E-state index contributed by atoms with van der Waals surface area (Å²) < 4.78 is 54.0. The minimum atomic E-state index is -4.62. The molecule has 144 valence electrons. The van der Waals surface area contributed by atoms with Crippen molar-refractivity contribution in [2.45, 2.75) is 25.4 Å². The number of carbonyl (C=O) groups excluding carboxylic acids is 1. The smallest absolute Gasteiger partial charge is 0.305 e. The zero-order valence-corrected chi connectivity index (χ0v) is 14.4. The van der Waals surface area contributed by atoms with Crippen LogP contribution in [0.2, 0.25) is 0 Å². The molecule has 3 aromatic rings. The van der Waals surface area contributed by atoms with Gasteiger partial charge in [0.05, 0.1) is 0 Å². The van der Waals surface area contributed by atoms with Crippen molar-refractivity contribution in [3.05, 3.63) is 70.9 Å². The zero-order chi connectivity index (χ0) is 19.9. The minimum absolute atomic E-state index is 0.0648. The van der Waals surface area contributed by atoms with Crippen molar-refractivity contribution in [2.24, 2.45) is 0 Å². The van der Waals surface area contributed by atoms with Crippen LogP contribution in [0, 0.1) is 5.82 Å². The molecule has 28 heavy (non-hydrogen) atoms. The van der Waals surface area contributed by atoms with Crippen LogP contribution in [-0.2, 0) is 19.0 Å². The molecule has 0 saturated carbocycles. The molecule has 0 atom stereocenters. The lowest BCUT2D eigenvalue weighted by molar-refractivity contribution is -0.141. The van der Waals surface area contributed by atoms with Crippen LogP contribution in [-0.4, -0.2) is 20.7 Å². The molecular weight excluding hydrogens is 376 g/mol. The van der Waals surface area contributed by atoms with Crippen LogP contribution in [0.25, 0.3) is 5.69 Å². The molecule has 1 aromatic carbocycles. The highest BCUT2D eigenvalue weighted by Crippen LogP contribution is 2.30. The van der Waals surface area contributed by atoms with Gasteiger partial charge in [-0.2, -0.15) is 18.3 Å². The zero-order valence-electron chi connectivity index (χ0n) is 14.4. The van der Waals surface area contributed by atoms with Gasteiger partial charge in [0.2, 0.25) is 0 Å². The molecule has 5 nitrogen and oxygen atoms in total. The third-order valence-corrected chi connectivity index (χ3v) is 4.51. The van der Waals surface area contributed by atoms with Crippen LogP contribution in [0.15, 0.2) is 42.5 Å². The van der Waals surface area contributed by atoms with E-state index in [0.29, 0.717) is 18.4 Å². The Hall–Kier alpha value is -3.23. The van der Waals surface area contributed by atoms with Crippen molar-refractivity contribution in [3.8, 4) is 5.69 Å². The number of benzene rings is 1. The number of fused-ring (bicyclic) bond motifs is 1. The lowest BCUT2D eigenvalue weighted by atomic mass is 10.2. The van der Waals surface area contributed by atoms with Crippen molar-refractivity contribution in [3.63, 3.8) is 0 Å². The van der Waals surface area contributed by atoms with Gasteiger partial charge in [-0.1, -0.05) is 18.2 Å². The van der Waals surface area contributed by atoms with Gasteiger partial charge in [-0.15, -0.1) is 0 Å². The molecule has 1 aliphatic carbocycles. The summed E-state index contributed by atoms with van der Waals surface area (Å²) >= 11 is 0. The first kappa shape index (κ1) is 18.1. The number of hydrogen-bond donors (Lipinski definition) is 1. The molecule has 0 unspecified atom stereocenters. The van der Waals surface area contributed by atoms with Crippen LogP contribution in [0.1, 0.15) is 33.9 Å². The van der Waals surface area contributed by atoms with Crippen LogP contribution in [0.4, 0.5) is 23.4 Å². The summed E-state index contributed by atoms with van der Waals surface area (Å²) in [4.78, 5) is 16.1. The van der Waals surface area contributed by atoms with Gasteiger partial charge in [0.25, 0.3) is 5.91 Å². The quantitative estimate of drug-likeness (QED) is 0.683. The van der Waals surface area contributed by atoms with E-state index in [9.17, 15) is 22.4 Å². The van der Waals surface area contributed by atoms with E-state index in [1.165, 1.54) is 16.8 Å². The maximum absolute atomic E-state index is 14.2. The average molecular weight is 390 g/mol. The number of anilines is 1. The van der Waals surface area contributed by atoms with E-state index in [2.05, 4.69) is 15.4 Å². The number of carbonyl (C=O) groups is 1. The van der Waals surface area contributed by atoms with Crippen molar-refractivity contribution >= 4 is 11.7 Å². The van der Waals surface area contributed by atoms with Gasteiger partial charge in [0, 0.05) is 11.3 Å². The molecule has 9 heteroatoms. The van der Waals surface area contributed by atoms with E-state index < -0.39 is 23.6 Å². The molecule has 2 aromatic heterocycles. The van der Waals surface area contributed by atoms with E-state index >= 15 is 0 Å². The molecule has 4 rings (SSSR count). The summed E-state index contributed by atoms with van der Waals surface area (Å²) in [6.07, 6.45) is -2.62. The summed E-state index contributed by atoms with van der Waals surface area (Å²) in [7, 11) is 0. The Morgan fingerprint density at radius 1 is 1.07 bits per heavy atom. The van der Waals surface area contributed by atoms with Crippen LogP contribution in [0.3, 0.4) is 0 Å². The maximum Gasteiger partial charge on any atom is 0.433 e. The standard InChI is InChI=1S/C19H14F4N4O/c20-12-6-1-2-7-14(12)27-13-8-3-5-11(13)17(26-27)18(28)25-16-10-4-9-15(24-16)19(21,22)23/h1-2,4,6-7,9-10H,3,5,8H2,(H,24,25,28). The number of aromatic nitrogens is 3. The van der Waals surface area contributed by atoms with Crippen LogP contribution in [0.5, 0.6) is 0 Å². The number of para-hydroxylation sites is 1. The molecule has 0 aliphatic heterocycles. The largest absolute Gasteiger partial charge is 0.433 e. The normalized spacial score (nSPS) is 13.4. The number of amides is 1. The summed E-state index contributed by atoms with van der Waals surface area (Å²) in [6.45, 7) is 0. The lowest BCUT2D eigenvalue weighted by Crippen LogP contribution is -2.17. The van der Waals surface area contributed by atoms with Crippen LogP contribution >= 0.6 is 0 Å². The molecular formula is C19H14F4N4O. The van der Waals surface area contributed by atoms with Crippen molar-refractivity contribution in [1.82, 2.24) is 14.8 Å². The SMILES string of the molecule is O=C(Nc1cccc(C(F)(F)F)n1)c1nn(-c2ccccc2F)c2c1CCC2. The summed E-state index contributed by atoms with van der Waals surface area (Å²) in [5, 5.41) is 6.61. The molecule has 2 heterocycles. The average Bonchev–Trinajstić information content (AvgIpc) is 3.24. The lowest BCUT2D eigenvalue weighted by Gasteiger charge is -2.08. The Morgan fingerprint density at radius 3 is 2.61 bits per heavy atom. The van der Waals surface area contributed by atoms with E-state index in [-0.39, 0.29) is 17.2 Å². The highest BCUT2D eigenvalue weighted by molar-refractivity contribution is 6.03. The summed E-state index contributed by atoms with van der Waals surface area (Å²) in [6, 6.07) is 9.31. The summed E-state index contributed by atoms with van der Waals surface area (Å²) in [5.74, 6) is -1.39. The predicted molar refractivity (Wildman–Crippen MR) is 92.7 cm³/mol. The maximum atomic E-state index is 14.2. The third kappa shape index (κ3) is 3.23. The Morgan fingerprint density at radius 2 is 1.86 bits per heavy atom. The first-order chi connectivity index (χ1) is 13.3.